The molecule has 0 aliphatic heterocycles. The third-order valence-electron chi connectivity index (χ3n) is 1.96. The molecule has 1 aromatic heterocycles. The van der Waals surface area contributed by atoms with Crippen molar-refractivity contribution in [2.45, 2.75) is 6.43 Å². The maximum absolute atomic E-state index is 12.4. The SMILES string of the molecule is FC(F)c1cc(Cl)n(-c2cccc(Br)c2)n1. The summed E-state index contributed by atoms with van der Waals surface area (Å²) in [7, 11) is 0. The largest absolute Gasteiger partial charge is 0.282 e. The first kappa shape index (κ1) is 11.5. The maximum Gasteiger partial charge on any atom is 0.282 e. The van der Waals surface area contributed by atoms with Gasteiger partial charge in [0, 0.05) is 10.5 Å². The fraction of sp³-hybridized carbons (Fsp3) is 0.100. The summed E-state index contributed by atoms with van der Waals surface area (Å²) in [6.07, 6.45) is -2.62. The average molecular weight is 308 g/mol. The smallest absolute Gasteiger partial charge is 0.222 e. The second-order valence-electron chi connectivity index (χ2n) is 3.08. The molecule has 0 amide bonds. The minimum atomic E-state index is -2.62. The van der Waals surface area contributed by atoms with Crippen molar-refractivity contribution in [3.63, 3.8) is 0 Å². The summed E-state index contributed by atoms with van der Waals surface area (Å²) < 4.78 is 26.9. The molecule has 84 valence electrons. The summed E-state index contributed by atoms with van der Waals surface area (Å²) >= 11 is 9.12. The molecular formula is C10H6BrClF2N2. The van der Waals surface area contributed by atoms with Crippen molar-refractivity contribution in [3.05, 3.63) is 45.7 Å². The molecule has 1 heterocycles. The maximum atomic E-state index is 12.4. The number of rotatable bonds is 2. The Kier molecular flexibility index (Phi) is 3.25. The van der Waals surface area contributed by atoms with E-state index in [2.05, 4.69) is 21.0 Å². The second kappa shape index (κ2) is 4.51. The fourth-order valence-corrected chi connectivity index (χ4v) is 1.91. The first-order chi connectivity index (χ1) is 7.58. The number of hydrogen-bond acceptors (Lipinski definition) is 1. The average Bonchev–Trinajstić information content (AvgIpc) is 2.60. The summed E-state index contributed by atoms with van der Waals surface area (Å²) in [4.78, 5) is 0. The van der Waals surface area contributed by atoms with E-state index < -0.39 is 6.43 Å². The van der Waals surface area contributed by atoms with E-state index in [0.717, 1.165) is 10.5 Å². The van der Waals surface area contributed by atoms with Gasteiger partial charge in [0.25, 0.3) is 6.43 Å². The van der Waals surface area contributed by atoms with Gasteiger partial charge in [-0.3, -0.25) is 0 Å². The number of aromatic nitrogens is 2. The normalized spacial score (nSPS) is 11.1. The predicted octanol–water partition coefficient (Wildman–Crippen LogP) is 4.23. The number of benzene rings is 1. The first-order valence-corrected chi connectivity index (χ1v) is 5.54. The van der Waals surface area contributed by atoms with Crippen molar-refractivity contribution >= 4 is 27.5 Å². The lowest BCUT2D eigenvalue weighted by Crippen LogP contribution is -1.97. The Labute approximate surface area is 104 Å². The van der Waals surface area contributed by atoms with Crippen molar-refractivity contribution in [2.75, 3.05) is 0 Å². The third-order valence-corrected chi connectivity index (χ3v) is 2.72. The minimum Gasteiger partial charge on any atom is -0.222 e. The molecule has 0 aliphatic rings. The van der Waals surface area contributed by atoms with Gasteiger partial charge in [-0.05, 0) is 18.2 Å². The molecule has 0 bridgehead atoms. The third kappa shape index (κ3) is 2.25. The van der Waals surface area contributed by atoms with Crippen LogP contribution in [0.1, 0.15) is 12.1 Å². The van der Waals surface area contributed by atoms with Gasteiger partial charge in [0.15, 0.2) is 0 Å². The van der Waals surface area contributed by atoms with Gasteiger partial charge in [-0.15, -0.1) is 0 Å². The van der Waals surface area contributed by atoms with E-state index in [4.69, 9.17) is 11.6 Å². The van der Waals surface area contributed by atoms with Crippen molar-refractivity contribution in [3.8, 4) is 5.69 Å². The van der Waals surface area contributed by atoms with E-state index in [1.807, 2.05) is 6.07 Å². The van der Waals surface area contributed by atoms with Gasteiger partial charge in [-0.25, -0.2) is 13.5 Å². The lowest BCUT2D eigenvalue weighted by atomic mass is 10.3. The number of nitrogens with zero attached hydrogens (tertiary/aromatic N) is 2. The van der Waals surface area contributed by atoms with Crippen LogP contribution in [0.2, 0.25) is 5.15 Å². The highest BCUT2D eigenvalue weighted by Crippen LogP contribution is 2.24. The molecular weight excluding hydrogens is 301 g/mol. The van der Waals surface area contributed by atoms with E-state index >= 15 is 0 Å². The molecule has 2 nitrogen and oxygen atoms in total. The Morgan fingerprint density at radius 3 is 2.62 bits per heavy atom. The van der Waals surface area contributed by atoms with E-state index in [0.29, 0.717) is 5.69 Å². The number of halogens is 4. The van der Waals surface area contributed by atoms with Crippen LogP contribution >= 0.6 is 27.5 Å². The molecule has 0 unspecified atom stereocenters. The lowest BCUT2D eigenvalue weighted by Gasteiger charge is -2.02. The molecule has 0 N–H and O–H groups in total. The van der Waals surface area contributed by atoms with Gasteiger partial charge in [0.05, 0.1) is 5.69 Å². The van der Waals surface area contributed by atoms with Gasteiger partial charge >= 0.3 is 0 Å². The van der Waals surface area contributed by atoms with Crippen LogP contribution in [-0.4, -0.2) is 9.78 Å². The Morgan fingerprint density at radius 1 is 1.31 bits per heavy atom. The van der Waals surface area contributed by atoms with Crippen LogP contribution in [0.4, 0.5) is 8.78 Å². The molecule has 2 aromatic rings. The monoisotopic (exact) mass is 306 g/mol. The Balaban J connectivity index is 2.48. The van der Waals surface area contributed by atoms with Gasteiger partial charge in [-0.1, -0.05) is 33.6 Å². The second-order valence-corrected chi connectivity index (χ2v) is 4.39. The lowest BCUT2D eigenvalue weighted by molar-refractivity contribution is 0.145. The quantitative estimate of drug-likeness (QED) is 0.812. The molecule has 0 fully saturated rings. The molecule has 6 heteroatoms. The fourth-order valence-electron chi connectivity index (χ4n) is 1.27. The number of alkyl halides is 2. The van der Waals surface area contributed by atoms with E-state index in [9.17, 15) is 8.78 Å². The molecule has 0 spiro atoms. The van der Waals surface area contributed by atoms with E-state index in [1.165, 1.54) is 4.68 Å². The van der Waals surface area contributed by atoms with Crippen LogP contribution in [0, 0.1) is 0 Å². The zero-order valence-electron chi connectivity index (χ0n) is 7.87. The topological polar surface area (TPSA) is 17.8 Å². The standard InChI is InChI=1S/C10H6BrClF2N2/c11-6-2-1-3-7(4-6)16-9(12)5-8(15-16)10(13)14/h1-5,10H. The summed E-state index contributed by atoms with van der Waals surface area (Å²) in [5.41, 5.74) is 0.302. The van der Waals surface area contributed by atoms with Gasteiger partial charge in [0.1, 0.15) is 10.8 Å². The summed E-state index contributed by atoms with van der Waals surface area (Å²) in [6.45, 7) is 0. The van der Waals surface area contributed by atoms with E-state index in [1.54, 1.807) is 18.2 Å². The molecule has 2 rings (SSSR count). The van der Waals surface area contributed by atoms with Crippen LogP contribution in [-0.2, 0) is 0 Å². The molecule has 1 aromatic carbocycles. The van der Waals surface area contributed by atoms with Crippen LogP contribution in [0.3, 0.4) is 0 Å². The molecule has 0 saturated heterocycles. The molecule has 0 aliphatic carbocycles. The molecule has 16 heavy (non-hydrogen) atoms. The Morgan fingerprint density at radius 2 is 2.06 bits per heavy atom. The number of hydrogen-bond donors (Lipinski definition) is 0. The Bertz CT molecular complexity index is 513. The van der Waals surface area contributed by atoms with Crippen LogP contribution < -0.4 is 0 Å². The summed E-state index contributed by atoms with van der Waals surface area (Å²) in [5, 5.41) is 3.90. The minimum absolute atomic E-state index is 0.161. The highest BCUT2D eigenvalue weighted by Gasteiger charge is 2.15. The van der Waals surface area contributed by atoms with Crippen molar-refractivity contribution in [2.24, 2.45) is 0 Å². The van der Waals surface area contributed by atoms with Gasteiger partial charge in [-0.2, -0.15) is 5.10 Å². The first-order valence-electron chi connectivity index (χ1n) is 4.37. The van der Waals surface area contributed by atoms with Gasteiger partial charge < -0.3 is 0 Å². The van der Waals surface area contributed by atoms with E-state index in [-0.39, 0.29) is 10.8 Å². The highest BCUT2D eigenvalue weighted by atomic mass is 79.9. The van der Waals surface area contributed by atoms with Gasteiger partial charge in [0.2, 0.25) is 0 Å². The summed E-state index contributed by atoms with van der Waals surface area (Å²) in [5.74, 6) is 0. The highest BCUT2D eigenvalue weighted by molar-refractivity contribution is 9.10. The zero-order valence-corrected chi connectivity index (χ0v) is 10.2. The van der Waals surface area contributed by atoms with Crippen molar-refractivity contribution in [1.29, 1.82) is 0 Å². The molecule has 0 atom stereocenters. The predicted molar refractivity (Wildman–Crippen MR) is 61.2 cm³/mol. The summed E-state index contributed by atoms with van der Waals surface area (Å²) in [6, 6.07) is 8.24. The van der Waals surface area contributed by atoms with Crippen molar-refractivity contribution in [1.82, 2.24) is 9.78 Å². The molecule has 0 radical (unpaired) electrons. The Hall–Kier alpha value is -0.940. The zero-order chi connectivity index (χ0) is 11.7. The van der Waals surface area contributed by atoms with Crippen LogP contribution in [0.5, 0.6) is 0 Å². The van der Waals surface area contributed by atoms with Crippen LogP contribution in [0.25, 0.3) is 5.69 Å². The molecule has 0 saturated carbocycles. The van der Waals surface area contributed by atoms with Crippen LogP contribution in [0.15, 0.2) is 34.8 Å². The van der Waals surface area contributed by atoms with Crippen molar-refractivity contribution < 1.29 is 8.78 Å².